The second kappa shape index (κ2) is 26.8. The number of carbonyl (C=O) groups excluding carboxylic acids is 1. The van der Waals surface area contributed by atoms with Crippen molar-refractivity contribution in [2.45, 2.75) is 254 Å². The van der Waals surface area contributed by atoms with Crippen molar-refractivity contribution in [1.29, 1.82) is 0 Å². The van der Waals surface area contributed by atoms with E-state index in [-0.39, 0.29) is 41.2 Å². The van der Waals surface area contributed by atoms with E-state index in [2.05, 4.69) is 37.9 Å². The molecule has 0 radical (unpaired) electrons. The normalized spacial score (nSPS) is 24.4. The Morgan fingerprint density at radius 1 is 0.696 bits per heavy atom. The molecular weight excluding hydrogens is 733 g/mol. The summed E-state index contributed by atoms with van der Waals surface area (Å²) in [5.74, 6) is 0.103. The fraction of sp³-hybridized carbons (Fsp3) is 0.915. The van der Waals surface area contributed by atoms with Crippen LogP contribution in [0.5, 0.6) is 0 Å². The van der Waals surface area contributed by atoms with E-state index in [1.807, 2.05) is 21.6 Å². The number of esters is 1. The molecule has 320 valence electrons. The molecule has 5 rings (SSSR count). The lowest BCUT2D eigenvalue weighted by atomic mass is 9.85. The van der Waals surface area contributed by atoms with Crippen LogP contribution in [-0.4, -0.2) is 49.9 Å². The minimum Gasteiger partial charge on any atom is -0.462 e. The first-order chi connectivity index (χ1) is 27.5. The predicted octanol–water partition coefficient (Wildman–Crippen LogP) is 14.4. The van der Waals surface area contributed by atoms with Crippen molar-refractivity contribution in [3.8, 4) is 0 Å². The van der Waals surface area contributed by atoms with Crippen LogP contribution in [-0.2, 0) is 14.4 Å². The predicted molar refractivity (Wildman–Crippen MR) is 238 cm³/mol. The van der Waals surface area contributed by atoms with E-state index in [1.165, 1.54) is 173 Å². The highest BCUT2D eigenvalue weighted by molar-refractivity contribution is 8.77. The van der Waals surface area contributed by atoms with Gasteiger partial charge in [-0.15, -0.1) is 5.10 Å². The zero-order chi connectivity index (χ0) is 39.2. The van der Waals surface area contributed by atoms with E-state index in [0.29, 0.717) is 17.2 Å². The SMILES string of the molecule is CC(C)C(C(=O)OC1CCCCCCCC1)C(SSC1CCCCCCCC1)C(O/N=C/C1CCCCCCCC1)C(C)c1cn(C2CCCCCCC2)nn1. The van der Waals surface area contributed by atoms with Crippen LogP contribution in [0.3, 0.4) is 0 Å². The molecule has 1 heterocycles. The maximum atomic E-state index is 14.8. The lowest BCUT2D eigenvalue weighted by molar-refractivity contribution is -0.158. The topological polar surface area (TPSA) is 78.6 Å². The fourth-order valence-corrected chi connectivity index (χ4v) is 13.8. The molecule has 4 fully saturated rings. The van der Waals surface area contributed by atoms with Crippen LogP contribution in [0.25, 0.3) is 0 Å². The lowest BCUT2D eigenvalue weighted by Crippen LogP contribution is -2.43. The number of oxime groups is 1. The van der Waals surface area contributed by atoms with Gasteiger partial charge in [-0.1, -0.05) is 188 Å². The van der Waals surface area contributed by atoms with Gasteiger partial charge in [0, 0.05) is 23.6 Å². The lowest BCUT2D eigenvalue weighted by Gasteiger charge is -2.36. The van der Waals surface area contributed by atoms with E-state index in [4.69, 9.17) is 25.0 Å². The molecule has 0 N–H and O–H groups in total. The molecule has 4 saturated carbocycles. The maximum Gasteiger partial charge on any atom is 0.310 e. The molecule has 0 amide bonds. The minimum absolute atomic E-state index is 0.0106. The average Bonchev–Trinajstić information content (AvgIpc) is 3.77. The Morgan fingerprint density at radius 2 is 1.18 bits per heavy atom. The largest absolute Gasteiger partial charge is 0.462 e. The van der Waals surface area contributed by atoms with Crippen LogP contribution >= 0.6 is 21.6 Å². The number of aromatic nitrogens is 3. The molecule has 0 aliphatic heterocycles. The van der Waals surface area contributed by atoms with Gasteiger partial charge in [-0.05, 0) is 76.0 Å². The Hall–Kier alpha value is -1.22. The van der Waals surface area contributed by atoms with E-state index in [9.17, 15) is 4.79 Å². The van der Waals surface area contributed by atoms with Gasteiger partial charge in [-0.3, -0.25) is 4.79 Å². The van der Waals surface area contributed by atoms with Crippen LogP contribution in [0.15, 0.2) is 11.4 Å². The summed E-state index contributed by atoms with van der Waals surface area (Å²) in [7, 11) is 3.95. The summed E-state index contributed by atoms with van der Waals surface area (Å²) in [5.41, 5.74) is 0.958. The van der Waals surface area contributed by atoms with Crippen molar-refractivity contribution in [2.75, 3.05) is 0 Å². The summed E-state index contributed by atoms with van der Waals surface area (Å²) in [5, 5.41) is 15.0. The molecule has 4 atom stereocenters. The third kappa shape index (κ3) is 16.1. The number of rotatable bonds is 14. The summed E-state index contributed by atoms with van der Waals surface area (Å²) < 4.78 is 8.78. The second-order valence-electron chi connectivity index (χ2n) is 18.7. The molecule has 4 unspecified atom stereocenters. The van der Waals surface area contributed by atoms with Crippen LogP contribution in [0.2, 0.25) is 0 Å². The van der Waals surface area contributed by atoms with Gasteiger partial charge in [0.05, 0.1) is 22.9 Å². The van der Waals surface area contributed by atoms with E-state index < -0.39 is 0 Å². The highest BCUT2D eigenvalue weighted by Gasteiger charge is 2.44. The first-order valence-electron chi connectivity index (χ1n) is 24.1. The minimum atomic E-state index is -0.348. The van der Waals surface area contributed by atoms with E-state index in [0.717, 1.165) is 31.4 Å². The van der Waals surface area contributed by atoms with Crippen LogP contribution in [0.1, 0.15) is 237 Å². The molecule has 0 spiro atoms. The van der Waals surface area contributed by atoms with Gasteiger partial charge < -0.3 is 9.57 Å². The van der Waals surface area contributed by atoms with E-state index >= 15 is 0 Å². The number of ether oxygens (including phenoxy) is 1. The molecule has 4 aliphatic rings. The Kier molecular flexibility index (Phi) is 21.9. The molecule has 9 heteroatoms. The number of hydrogen-bond donors (Lipinski definition) is 0. The first-order valence-corrected chi connectivity index (χ1v) is 26.4. The summed E-state index contributed by atoms with van der Waals surface area (Å²) in [6.45, 7) is 6.70. The zero-order valence-corrected chi connectivity index (χ0v) is 37.7. The van der Waals surface area contributed by atoms with Crippen molar-refractivity contribution in [3.63, 3.8) is 0 Å². The second-order valence-corrected chi connectivity index (χ2v) is 21.4. The van der Waals surface area contributed by atoms with Crippen molar-refractivity contribution in [2.24, 2.45) is 22.9 Å². The average molecular weight is 815 g/mol. The van der Waals surface area contributed by atoms with Gasteiger partial charge in [0.15, 0.2) is 0 Å². The molecule has 1 aromatic heterocycles. The van der Waals surface area contributed by atoms with Gasteiger partial charge in [-0.2, -0.15) is 0 Å². The van der Waals surface area contributed by atoms with Crippen molar-refractivity contribution in [3.05, 3.63) is 11.9 Å². The van der Waals surface area contributed by atoms with Gasteiger partial charge in [-0.25, -0.2) is 4.68 Å². The highest BCUT2D eigenvalue weighted by atomic mass is 33.1. The van der Waals surface area contributed by atoms with Gasteiger partial charge >= 0.3 is 5.97 Å². The Labute approximate surface area is 351 Å². The Bertz CT molecular complexity index is 1190. The summed E-state index contributed by atoms with van der Waals surface area (Å²) in [6, 6.07) is 0.403. The van der Waals surface area contributed by atoms with E-state index in [1.54, 1.807) is 0 Å². The fourth-order valence-electron chi connectivity index (χ4n) is 9.88. The first kappa shape index (κ1) is 45.9. The van der Waals surface area contributed by atoms with Crippen LogP contribution < -0.4 is 0 Å². The third-order valence-electron chi connectivity index (χ3n) is 13.6. The standard InChI is InChI=1S/C47H82N4O3S2/c1-37(2)44(47(52)53-41-31-23-15-6-7-16-24-32-41)46(56-55-42-33-25-17-8-9-18-26-34-42)45(54-48-35-39-27-19-11-4-5-12-20-28-39)38(3)43-36-51(50-49-43)40-29-21-13-10-14-22-30-40/h35-42,44-46H,4-34H2,1-3H3/b48-35+. The smallest absolute Gasteiger partial charge is 0.310 e. The van der Waals surface area contributed by atoms with Crippen molar-refractivity contribution in [1.82, 2.24) is 15.0 Å². The monoisotopic (exact) mass is 815 g/mol. The molecule has 7 nitrogen and oxygen atoms in total. The number of carbonyl (C=O) groups is 1. The molecule has 0 saturated heterocycles. The molecule has 1 aromatic rings. The quantitative estimate of drug-likeness (QED) is 0.0801. The maximum absolute atomic E-state index is 14.8. The van der Waals surface area contributed by atoms with Crippen LogP contribution in [0, 0.1) is 17.8 Å². The zero-order valence-electron chi connectivity index (χ0n) is 36.1. The Balaban J connectivity index is 1.45. The van der Waals surface area contributed by atoms with Crippen molar-refractivity contribution >= 4 is 33.8 Å². The molecule has 56 heavy (non-hydrogen) atoms. The molecule has 4 aliphatic carbocycles. The summed E-state index contributed by atoms with van der Waals surface area (Å²) >= 11 is 0. The molecule has 0 aromatic carbocycles. The molecule has 0 bridgehead atoms. The van der Waals surface area contributed by atoms with Crippen LogP contribution in [0.4, 0.5) is 0 Å². The van der Waals surface area contributed by atoms with Gasteiger partial charge in [0.2, 0.25) is 0 Å². The van der Waals surface area contributed by atoms with Crippen molar-refractivity contribution < 1.29 is 14.4 Å². The summed E-state index contributed by atoms with van der Waals surface area (Å²) in [4.78, 5) is 21.7. The highest BCUT2D eigenvalue weighted by Crippen LogP contribution is 2.46. The number of nitrogens with zero attached hydrogens (tertiary/aromatic N) is 4. The summed E-state index contributed by atoms with van der Waals surface area (Å²) in [6.07, 6.45) is 42.9. The third-order valence-corrected chi connectivity index (χ3v) is 17.1. The van der Waals surface area contributed by atoms with Gasteiger partial charge in [0.25, 0.3) is 0 Å². The molecular formula is C47H82N4O3S2. The number of hydrogen-bond acceptors (Lipinski definition) is 8. The Morgan fingerprint density at radius 3 is 1.71 bits per heavy atom. The van der Waals surface area contributed by atoms with Gasteiger partial charge in [0.1, 0.15) is 12.2 Å².